The standard InChI is InChI=1S/C17H27NO3/c1-12-5-7-14(8-6-12)21-11-13(19)10-18-15-9-16(20-4)17(15,2)3/h5-8,13,15-16,18-19H,9-11H2,1-4H3. The fourth-order valence-electron chi connectivity index (χ4n) is 2.80. The molecule has 0 heterocycles. The summed E-state index contributed by atoms with van der Waals surface area (Å²) in [6, 6.07) is 8.24. The summed E-state index contributed by atoms with van der Waals surface area (Å²) in [5, 5.41) is 13.4. The highest BCUT2D eigenvalue weighted by molar-refractivity contribution is 5.26. The van der Waals surface area contributed by atoms with Crippen molar-refractivity contribution in [1.82, 2.24) is 5.32 Å². The van der Waals surface area contributed by atoms with E-state index in [1.165, 1.54) is 5.56 Å². The Kier molecular flexibility index (Phi) is 5.25. The maximum Gasteiger partial charge on any atom is 0.119 e. The van der Waals surface area contributed by atoms with Crippen molar-refractivity contribution in [1.29, 1.82) is 0 Å². The van der Waals surface area contributed by atoms with Crippen LogP contribution in [0, 0.1) is 12.3 Å². The van der Waals surface area contributed by atoms with Gasteiger partial charge in [0.05, 0.1) is 6.10 Å². The van der Waals surface area contributed by atoms with E-state index in [9.17, 15) is 5.11 Å². The quantitative estimate of drug-likeness (QED) is 0.809. The second-order valence-corrected chi connectivity index (χ2v) is 6.52. The van der Waals surface area contributed by atoms with Gasteiger partial charge in [0.25, 0.3) is 0 Å². The Morgan fingerprint density at radius 3 is 2.57 bits per heavy atom. The van der Waals surface area contributed by atoms with Gasteiger partial charge in [-0.1, -0.05) is 31.5 Å². The number of benzene rings is 1. The van der Waals surface area contributed by atoms with E-state index in [-0.39, 0.29) is 5.41 Å². The second kappa shape index (κ2) is 6.77. The molecule has 0 radical (unpaired) electrons. The summed E-state index contributed by atoms with van der Waals surface area (Å²) in [5.74, 6) is 0.795. The lowest BCUT2D eigenvalue weighted by atomic mass is 9.64. The van der Waals surface area contributed by atoms with Crippen LogP contribution in [0.1, 0.15) is 25.8 Å². The molecule has 1 aromatic rings. The van der Waals surface area contributed by atoms with Gasteiger partial charge in [0, 0.05) is 25.1 Å². The molecular formula is C17H27NO3. The van der Waals surface area contributed by atoms with Crippen LogP contribution in [-0.4, -0.2) is 43.6 Å². The molecule has 2 rings (SSSR count). The van der Waals surface area contributed by atoms with Crippen LogP contribution in [0.25, 0.3) is 0 Å². The molecule has 1 aliphatic rings. The second-order valence-electron chi connectivity index (χ2n) is 6.52. The Balaban J connectivity index is 1.68. The van der Waals surface area contributed by atoms with Crippen LogP contribution in [0.5, 0.6) is 5.75 Å². The van der Waals surface area contributed by atoms with E-state index in [1.807, 2.05) is 31.2 Å². The molecule has 3 unspecified atom stereocenters. The Morgan fingerprint density at radius 2 is 2.00 bits per heavy atom. The highest BCUT2D eigenvalue weighted by atomic mass is 16.5. The maximum atomic E-state index is 10.0. The van der Waals surface area contributed by atoms with Gasteiger partial charge in [0.2, 0.25) is 0 Å². The summed E-state index contributed by atoms with van der Waals surface area (Å²) in [6.45, 7) is 7.26. The normalized spacial score (nSPS) is 25.2. The average molecular weight is 293 g/mol. The molecule has 0 amide bonds. The largest absolute Gasteiger partial charge is 0.491 e. The topological polar surface area (TPSA) is 50.7 Å². The van der Waals surface area contributed by atoms with Crippen molar-refractivity contribution < 1.29 is 14.6 Å². The van der Waals surface area contributed by atoms with Crippen molar-refractivity contribution in [3.05, 3.63) is 29.8 Å². The monoisotopic (exact) mass is 293 g/mol. The van der Waals surface area contributed by atoms with E-state index in [0.29, 0.717) is 25.3 Å². The molecule has 0 aliphatic heterocycles. The molecule has 1 aromatic carbocycles. The van der Waals surface area contributed by atoms with Crippen molar-refractivity contribution in [3.63, 3.8) is 0 Å². The van der Waals surface area contributed by atoms with Gasteiger partial charge in [-0.2, -0.15) is 0 Å². The zero-order valence-corrected chi connectivity index (χ0v) is 13.4. The van der Waals surface area contributed by atoms with E-state index < -0.39 is 6.10 Å². The molecule has 1 aliphatic carbocycles. The van der Waals surface area contributed by atoms with Crippen molar-refractivity contribution in [2.75, 3.05) is 20.3 Å². The number of methoxy groups -OCH3 is 1. The molecule has 0 spiro atoms. The van der Waals surface area contributed by atoms with E-state index in [1.54, 1.807) is 7.11 Å². The van der Waals surface area contributed by atoms with Crippen molar-refractivity contribution in [2.24, 2.45) is 5.41 Å². The van der Waals surface area contributed by atoms with Crippen LogP contribution in [0.15, 0.2) is 24.3 Å². The minimum atomic E-state index is -0.510. The molecule has 3 atom stereocenters. The lowest BCUT2D eigenvalue weighted by Gasteiger charge is -2.51. The van der Waals surface area contributed by atoms with Gasteiger partial charge in [0.15, 0.2) is 0 Å². The highest BCUT2D eigenvalue weighted by Gasteiger charge is 2.48. The van der Waals surface area contributed by atoms with E-state index in [0.717, 1.165) is 12.2 Å². The molecule has 4 nitrogen and oxygen atoms in total. The third kappa shape index (κ3) is 3.96. The van der Waals surface area contributed by atoms with Crippen LogP contribution < -0.4 is 10.1 Å². The fourth-order valence-corrected chi connectivity index (χ4v) is 2.80. The molecule has 0 saturated heterocycles. The minimum absolute atomic E-state index is 0.117. The summed E-state index contributed by atoms with van der Waals surface area (Å²) in [4.78, 5) is 0. The molecule has 21 heavy (non-hydrogen) atoms. The fraction of sp³-hybridized carbons (Fsp3) is 0.647. The number of ether oxygens (including phenoxy) is 2. The van der Waals surface area contributed by atoms with E-state index >= 15 is 0 Å². The smallest absolute Gasteiger partial charge is 0.119 e. The Labute approximate surface area is 127 Å². The van der Waals surface area contributed by atoms with Gasteiger partial charge in [0.1, 0.15) is 18.5 Å². The van der Waals surface area contributed by atoms with Gasteiger partial charge < -0.3 is 19.9 Å². The van der Waals surface area contributed by atoms with Gasteiger partial charge in [-0.15, -0.1) is 0 Å². The van der Waals surface area contributed by atoms with Gasteiger partial charge in [-0.25, -0.2) is 0 Å². The third-order valence-electron chi connectivity index (χ3n) is 4.53. The number of aliphatic hydroxyl groups is 1. The first kappa shape index (κ1) is 16.3. The zero-order chi connectivity index (χ0) is 15.5. The summed E-state index contributed by atoms with van der Waals surface area (Å²) < 4.78 is 11.0. The molecule has 0 bridgehead atoms. The number of aryl methyl sites for hydroxylation is 1. The predicted molar refractivity (Wildman–Crippen MR) is 83.7 cm³/mol. The predicted octanol–water partition coefficient (Wildman–Crippen LogP) is 2.14. The van der Waals surface area contributed by atoms with Gasteiger partial charge in [-0.05, 0) is 25.5 Å². The van der Waals surface area contributed by atoms with Crippen LogP contribution >= 0.6 is 0 Å². The van der Waals surface area contributed by atoms with Crippen LogP contribution in [-0.2, 0) is 4.74 Å². The molecule has 118 valence electrons. The molecular weight excluding hydrogens is 266 g/mol. The first-order chi connectivity index (χ1) is 9.93. The summed E-state index contributed by atoms with van der Waals surface area (Å²) in [7, 11) is 1.76. The molecule has 1 saturated carbocycles. The van der Waals surface area contributed by atoms with Crippen LogP contribution in [0.3, 0.4) is 0 Å². The van der Waals surface area contributed by atoms with Crippen LogP contribution in [0.2, 0.25) is 0 Å². The van der Waals surface area contributed by atoms with Crippen molar-refractivity contribution in [2.45, 2.75) is 45.4 Å². The van der Waals surface area contributed by atoms with E-state index in [2.05, 4.69) is 19.2 Å². The highest BCUT2D eigenvalue weighted by Crippen LogP contribution is 2.42. The average Bonchev–Trinajstić information content (AvgIpc) is 2.45. The third-order valence-corrected chi connectivity index (χ3v) is 4.53. The first-order valence-corrected chi connectivity index (χ1v) is 7.57. The van der Waals surface area contributed by atoms with Crippen LogP contribution in [0.4, 0.5) is 0 Å². The number of hydrogen-bond acceptors (Lipinski definition) is 4. The summed E-state index contributed by atoms with van der Waals surface area (Å²) in [5.41, 5.74) is 1.32. The molecule has 4 heteroatoms. The molecule has 2 N–H and O–H groups in total. The first-order valence-electron chi connectivity index (χ1n) is 7.57. The SMILES string of the molecule is COC1CC(NCC(O)COc2ccc(C)cc2)C1(C)C. The van der Waals surface area contributed by atoms with Crippen molar-refractivity contribution >= 4 is 0 Å². The summed E-state index contributed by atoms with van der Waals surface area (Å²) >= 11 is 0. The van der Waals surface area contributed by atoms with E-state index in [4.69, 9.17) is 9.47 Å². The Morgan fingerprint density at radius 1 is 1.33 bits per heavy atom. The Bertz CT molecular complexity index is 444. The van der Waals surface area contributed by atoms with Crippen molar-refractivity contribution in [3.8, 4) is 5.75 Å². The minimum Gasteiger partial charge on any atom is -0.491 e. The Hall–Kier alpha value is -1.10. The molecule has 0 aromatic heterocycles. The number of hydrogen-bond donors (Lipinski definition) is 2. The maximum absolute atomic E-state index is 10.0. The molecule has 1 fully saturated rings. The zero-order valence-electron chi connectivity index (χ0n) is 13.4. The van der Waals surface area contributed by atoms with Gasteiger partial charge in [-0.3, -0.25) is 0 Å². The number of nitrogens with one attached hydrogen (secondary N) is 1. The lowest BCUT2D eigenvalue weighted by Crippen LogP contribution is -2.61. The van der Waals surface area contributed by atoms with Gasteiger partial charge >= 0.3 is 0 Å². The summed E-state index contributed by atoms with van der Waals surface area (Å²) in [6.07, 6.45) is 0.786. The number of rotatable bonds is 7. The lowest BCUT2D eigenvalue weighted by molar-refractivity contribution is -0.0996. The number of aliphatic hydroxyl groups excluding tert-OH is 1.